The van der Waals surface area contributed by atoms with Gasteiger partial charge in [-0.3, -0.25) is 4.57 Å². The van der Waals surface area contributed by atoms with E-state index >= 15 is 0 Å². The number of nitrogens with zero attached hydrogens (tertiary/aromatic N) is 5. The van der Waals surface area contributed by atoms with E-state index in [0.717, 1.165) is 5.56 Å². The summed E-state index contributed by atoms with van der Waals surface area (Å²) in [4.78, 5) is 15.7. The van der Waals surface area contributed by atoms with E-state index in [-0.39, 0.29) is 28.0 Å². The largest absolute Gasteiger partial charge is 0.721 e. The standard InChI is InChI=1S/C22H11B4ClN6O13/c1-18-22-19-17-28-15(27)14-21(45-46-26(35-18)36-18)41-23(42-21)34-13-8-9(10-4-2-3-5-11(10)16-29-31-32-30-16)6-7-12(13)20(33(14)17,39-24(37-19)38-19)40-25(43-22)44-22/h2-8H,1H3,(H,29,30,31,32). The molecule has 19 nitrogen and oxygen atoms in total. The van der Waals surface area contributed by atoms with Gasteiger partial charge in [-0.1, -0.05) is 41.9 Å². The van der Waals surface area contributed by atoms with Crippen LogP contribution in [0.15, 0.2) is 42.5 Å². The number of halogens is 1. The second-order valence-electron chi connectivity index (χ2n) is 11.3. The second kappa shape index (κ2) is 7.82. The Morgan fingerprint density at radius 3 is 2.41 bits per heavy atom. The average Bonchev–Trinajstić information content (AvgIpc) is 3.62. The van der Waals surface area contributed by atoms with Crippen molar-refractivity contribution in [2.45, 2.75) is 36.2 Å². The third-order valence-electron chi connectivity index (χ3n) is 9.06. The fraction of sp³-hybridized carbons (Fsp3) is 0.273. The highest BCUT2D eigenvalue weighted by atomic mass is 35.5. The van der Waals surface area contributed by atoms with Crippen LogP contribution in [0.5, 0.6) is 5.75 Å². The first-order valence-electron chi connectivity index (χ1n) is 13.9. The molecule has 0 saturated carbocycles. The first kappa shape index (κ1) is 25.7. The van der Waals surface area contributed by atoms with Crippen molar-refractivity contribution in [1.29, 1.82) is 0 Å². The van der Waals surface area contributed by atoms with Crippen LogP contribution in [-0.4, -0.2) is 71.0 Å². The van der Waals surface area contributed by atoms with Crippen LogP contribution in [0, 0.1) is 0 Å². The lowest BCUT2D eigenvalue weighted by molar-refractivity contribution is -0.533. The van der Waals surface area contributed by atoms with Crippen molar-refractivity contribution < 1.29 is 60.9 Å². The van der Waals surface area contributed by atoms with E-state index in [4.69, 9.17) is 72.5 Å². The summed E-state index contributed by atoms with van der Waals surface area (Å²) in [5.41, 5.74) is 2.41. The normalized spacial score (nSPS) is 36.7. The monoisotopic (exact) mass is 646 g/mol. The van der Waals surface area contributed by atoms with Crippen molar-refractivity contribution in [2.75, 3.05) is 0 Å². The van der Waals surface area contributed by atoms with Gasteiger partial charge in [-0.05, 0) is 35.4 Å². The van der Waals surface area contributed by atoms with Crippen molar-refractivity contribution in [1.82, 2.24) is 30.2 Å². The number of tetrazole rings is 1. The maximum atomic E-state index is 6.85. The van der Waals surface area contributed by atoms with E-state index in [1.54, 1.807) is 12.1 Å². The number of hydrogen-bond donors (Lipinski definition) is 1. The van der Waals surface area contributed by atoms with Crippen LogP contribution < -0.4 is 4.65 Å². The van der Waals surface area contributed by atoms with Crippen LogP contribution in [0.2, 0.25) is 5.15 Å². The van der Waals surface area contributed by atoms with Gasteiger partial charge in [0.25, 0.3) is 17.5 Å². The van der Waals surface area contributed by atoms with Gasteiger partial charge in [0.1, 0.15) is 5.75 Å². The van der Waals surface area contributed by atoms with Crippen LogP contribution in [0.3, 0.4) is 0 Å². The Bertz CT molecular complexity index is 2020. The first-order valence-corrected chi connectivity index (χ1v) is 14.3. The Kier molecular flexibility index (Phi) is 4.36. The van der Waals surface area contributed by atoms with E-state index in [9.17, 15) is 0 Å². The number of nitrogens with one attached hydrogen (secondary N) is 1. The number of rotatable bonds is 2. The average molecular weight is 646 g/mol. The molecule has 14 heterocycles. The first-order chi connectivity index (χ1) is 22.3. The van der Waals surface area contributed by atoms with Crippen molar-refractivity contribution in [3.05, 3.63) is 64.7 Å². The van der Waals surface area contributed by atoms with Gasteiger partial charge in [0.05, 0.1) is 5.56 Å². The predicted octanol–water partition coefficient (Wildman–Crippen LogP) is 0.259. The molecule has 0 radical (unpaired) electrons. The number of fused-ring (bicyclic) bond motifs is 1. The highest BCUT2D eigenvalue weighted by Gasteiger charge is 2.90. The predicted molar refractivity (Wildman–Crippen MR) is 141 cm³/mol. The van der Waals surface area contributed by atoms with E-state index in [0.29, 0.717) is 17.0 Å². The summed E-state index contributed by atoms with van der Waals surface area (Å²) in [6.07, 6.45) is 0. The lowest BCUT2D eigenvalue weighted by Gasteiger charge is -2.65. The molecule has 3 spiro atoms. The Morgan fingerprint density at radius 1 is 0.848 bits per heavy atom. The zero-order valence-electron chi connectivity index (χ0n) is 22.8. The third-order valence-corrected chi connectivity index (χ3v) is 9.32. The summed E-state index contributed by atoms with van der Waals surface area (Å²) >= 11 is 6.85. The minimum atomic E-state index is -2.18. The van der Waals surface area contributed by atoms with Crippen molar-refractivity contribution in [3.8, 4) is 28.3 Å². The molecule has 4 saturated heterocycles. The Morgan fingerprint density at radius 2 is 1.63 bits per heavy atom. The summed E-state index contributed by atoms with van der Waals surface area (Å²) in [5, 5.41) is 14.3. The molecule has 24 heteroatoms. The van der Waals surface area contributed by atoms with Gasteiger partial charge >= 0.3 is 35.3 Å². The Hall–Kier alpha value is -3.41. The van der Waals surface area contributed by atoms with Crippen LogP contribution in [0.1, 0.15) is 24.0 Å². The van der Waals surface area contributed by atoms with Gasteiger partial charge in [0.2, 0.25) is 11.6 Å². The molecule has 0 amide bonds. The van der Waals surface area contributed by atoms with E-state index in [1.807, 2.05) is 30.3 Å². The SMILES string of the molecule is CC12OB(OOC34OB(Oc5cc(-c6ccccc6-c6nn[nH]n6)ccc5C56OB7OC(O7)(c7nc(Cl)c3n75)C13OB(O6)O3)O4)O2. The zero-order chi connectivity index (χ0) is 30.3. The van der Waals surface area contributed by atoms with E-state index in [2.05, 4.69) is 25.6 Å². The second-order valence-corrected chi connectivity index (χ2v) is 11.7. The lowest BCUT2D eigenvalue weighted by Crippen LogP contribution is -2.87. The highest BCUT2D eigenvalue weighted by molar-refractivity contribution is 6.43. The highest BCUT2D eigenvalue weighted by Crippen LogP contribution is 2.67. The molecule has 12 bridgehead atoms. The summed E-state index contributed by atoms with van der Waals surface area (Å²) < 4.78 is 69.7. The summed E-state index contributed by atoms with van der Waals surface area (Å²) in [5.74, 6) is -9.27. The van der Waals surface area contributed by atoms with E-state index < -0.39 is 58.5 Å². The number of hydrogen-bond acceptors (Lipinski definition) is 17. The molecule has 46 heavy (non-hydrogen) atoms. The van der Waals surface area contributed by atoms with Gasteiger partial charge in [-0.15, -0.1) is 10.2 Å². The number of aromatic nitrogens is 6. The molecule has 226 valence electrons. The van der Waals surface area contributed by atoms with Crippen LogP contribution in [0.4, 0.5) is 0 Å². The number of imidazole rings is 1. The summed E-state index contributed by atoms with van der Waals surface area (Å²) in [7, 11) is -5.42. The Labute approximate surface area is 261 Å². The van der Waals surface area contributed by atoms with Gasteiger partial charge in [-0.25, -0.2) is 9.79 Å². The van der Waals surface area contributed by atoms with Crippen molar-refractivity contribution in [3.63, 3.8) is 0 Å². The van der Waals surface area contributed by atoms with Gasteiger partial charge < -0.3 is 51.2 Å². The fourth-order valence-electron chi connectivity index (χ4n) is 7.07. The number of aromatic amines is 1. The van der Waals surface area contributed by atoms with Crippen LogP contribution in [-0.2, 0) is 73.9 Å². The fourth-order valence-corrected chi connectivity index (χ4v) is 7.35. The number of H-pyrrole nitrogens is 1. The van der Waals surface area contributed by atoms with Gasteiger partial charge in [0, 0.05) is 5.56 Å². The van der Waals surface area contributed by atoms with Gasteiger partial charge in [0.15, 0.2) is 16.7 Å². The van der Waals surface area contributed by atoms with Gasteiger partial charge in [-0.2, -0.15) is 10.1 Å². The molecule has 0 aliphatic carbocycles. The molecule has 16 rings (SSSR count). The molecule has 4 aromatic rings. The number of benzene rings is 2. The molecule has 4 fully saturated rings. The molecule has 2 aromatic carbocycles. The molecule has 12 aliphatic heterocycles. The molecular weight excluding hydrogens is 635 g/mol. The molecule has 1 unspecified atom stereocenters. The van der Waals surface area contributed by atoms with E-state index in [1.165, 1.54) is 11.5 Å². The van der Waals surface area contributed by atoms with Crippen molar-refractivity contribution >= 4 is 40.9 Å². The minimum absolute atomic E-state index is 0.0313. The van der Waals surface area contributed by atoms with Crippen molar-refractivity contribution in [2.24, 2.45) is 0 Å². The zero-order valence-corrected chi connectivity index (χ0v) is 23.5. The topological polar surface area (TPSA) is 192 Å². The maximum Gasteiger partial charge on any atom is 0.721 e. The smallest absolute Gasteiger partial charge is 0.511 e. The third kappa shape index (κ3) is 2.70. The Balaban J connectivity index is 1.14. The summed E-state index contributed by atoms with van der Waals surface area (Å²) in [6, 6.07) is 12.8. The summed E-state index contributed by atoms with van der Waals surface area (Å²) in [6.45, 7) is 1.54. The molecular formula is C22H11B4ClN6O13. The lowest BCUT2D eigenvalue weighted by atomic mass is 9.80. The molecule has 1 N–H and O–H groups in total. The van der Waals surface area contributed by atoms with Crippen LogP contribution >= 0.6 is 11.6 Å². The molecule has 12 aliphatic rings. The quantitative estimate of drug-likeness (QED) is 0.230. The van der Waals surface area contributed by atoms with Crippen LogP contribution in [0.25, 0.3) is 22.5 Å². The molecule has 2 aromatic heterocycles. The molecule has 1 atom stereocenters. The minimum Gasteiger partial charge on any atom is -0.511 e. The maximum absolute atomic E-state index is 6.85.